The molecule has 0 unspecified atom stereocenters. The van der Waals surface area contributed by atoms with Crippen molar-refractivity contribution in [2.75, 3.05) is 39.5 Å². The third kappa shape index (κ3) is 13.2. The smallest absolute Gasteiger partial charge is 0.323 e. The molecule has 0 atom stereocenters. The maximum atomic E-state index is 9.90. The van der Waals surface area contributed by atoms with Gasteiger partial charge in [-0.3, -0.25) is 9.69 Å². The van der Waals surface area contributed by atoms with E-state index in [9.17, 15) is 4.79 Å². The van der Waals surface area contributed by atoms with Crippen molar-refractivity contribution in [2.24, 2.45) is 5.73 Å². The van der Waals surface area contributed by atoms with Crippen LogP contribution in [0.25, 0.3) is 0 Å². The molecule has 0 aliphatic heterocycles. The van der Waals surface area contributed by atoms with E-state index in [1.165, 1.54) is 13.8 Å². The Morgan fingerprint density at radius 3 is 1.41 bits per heavy atom. The van der Waals surface area contributed by atoms with Gasteiger partial charge in [-0.1, -0.05) is 0 Å². The molecule has 0 saturated heterocycles. The van der Waals surface area contributed by atoms with Crippen LogP contribution in [0.3, 0.4) is 0 Å². The normalized spacial score (nSPS) is 11.0. The number of aliphatic carboxylic acids is 1. The Morgan fingerprint density at radius 1 is 1.06 bits per heavy atom. The van der Waals surface area contributed by atoms with Crippen LogP contribution in [-0.2, 0) is 4.79 Å². The van der Waals surface area contributed by atoms with Crippen LogP contribution < -0.4 is 5.73 Å². The molecule has 7 heteroatoms. The molecule has 0 aliphatic rings. The van der Waals surface area contributed by atoms with E-state index in [1.807, 2.05) is 0 Å². The topological polar surface area (TPSA) is 127 Å². The van der Waals surface area contributed by atoms with Gasteiger partial charge in [0.15, 0.2) is 0 Å². The maximum Gasteiger partial charge on any atom is 0.323 e. The summed E-state index contributed by atoms with van der Waals surface area (Å²) in [6.07, 6.45) is 0. The highest BCUT2D eigenvalue weighted by molar-refractivity contribution is 5.77. The Kier molecular flexibility index (Phi) is 11.4. The van der Waals surface area contributed by atoms with Crippen LogP contribution in [-0.4, -0.2) is 76.3 Å². The molecule has 0 amide bonds. The molecular weight excluding hydrogens is 228 g/mol. The molecule has 17 heavy (non-hydrogen) atoms. The summed E-state index contributed by atoms with van der Waals surface area (Å²) in [5.41, 5.74) is 4.00. The highest BCUT2D eigenvalue weighted by atomic mass is 16.4. The van der Waals surface area contributed by atoms with E-state index in [0.29, 0.717) is 19.6 Å². The Labute approximate surface area is 101 Å². The van der Waals surface area contributed by atoms with Gasteiger partial charge in [-0.15, -0.1) is 0 Å². The Morgan fingerprint density at radius 2 is 1.29 bits per heavy atom. The van der Waals surface area contributed by atoms with Crippen molar-refractivity contribution in [1.82, 2.24) is 4.90 Å². The van der Waals surface area contributed by atoms with E-state index < -0.39 is 11.5 Å². The van der Waals surface area contributed by atoms with E-state index in [2.05, 4.69) is 0 Å². The van der Waals surface area contributed by atoms with Gasteiger partial charge in [0.05, 0.1) is 19.8 Å². The minimum absolute atomic E-state index is 0.0694. The van der Waals surface area contributed by atoms with Gasteiger partial charge in [-0.05, 0) is 13.8 Å². The van der Waals surface area contributed by atoms with Crippen molar-refractivity contribution in [3.63, 3.8) is 0 Å². The molecule has 0 fully saturated rings. The first kappa shape index (κ1) is 18.6. The number of aliphatic hydroxyl groups excluding tert-OH is 3. The quantitative estimate of drug-likeness (QED) is 0.357. The largest absolute Gasteiger partial charge is 0.480 e. The van der Waals surface area contributed by atoms with Crippen LogP contribution in [0.1, 0.15) is 13.8 Å². The first-order valence-corrected chi connectivity index (χ1v) is 5.36. The van der Waals surface area contributed by atoms with E-state index in [0.717, 1.165) is 0 Å². The lowest BCUT2D eigenvalue weighted by Gasteiger charge is -2.17. The maximum absolute atomic E-state index is 9.90. The second kappa shape index (κ2) is 10.4. The van der Waals surface area contributed by atoms with Gasteiger partial charge in [-0.25, -0.2) is 0 Å². The number of carboxylic acid groups (broad SMARTS) is 1. The first-order valence-electron chi connectivity index (χ1n) is 5.36. The summed E-state index contributed by atoms with van der Waals surface area (Å²) in [5, 5.41) is 33.6. The summed E-state index contributed by atoms with van der Waals surface area (Å²) < 4.78 is 0. The molecule has 104 valence electrons. The van der Waals surface area contributed by atoms with Crippen molar-refractivity contribution in [3.05, 3.63) is 0 Å². The van der Waals surface area contributed by atoms with Crippen molar-refractivity contribution in [2.45, 2.75) is 19.4 Å². The molecule has 0 spiro atoms. The molecule has 0 rings (SSSR count). The predicted molar refractivity (Wildman–Crippen MR) is 63.6 cm³/mol. The second-order valence-electron chi connectivity index (χ2n) is 4.04. The second-order valence-corrected chi connectivity index (χ2v) is 4.04. The van der Waals surface area contributed by atoms with Crippen molar-refractivity contribution >= 4 is 5.97 Å². The lowest BCUT2D eigenvalue weighted by atomic mass is 10.1. The summed E-state index contributed by atoms with van der Waals surface area (Å²) in [6.45, 7) is 4.63. The summed E-state index contributed by atoms with van der Waals surface area (Å²) in [7, 11) is 0. The SMILES string of the molecule is CC(C)(N)C(=O)O.OCCN(CCO)CCO. The van der Waals surface area contributed by atoms with Gasteiger partial charge in [-0.2, -0.15) is 0 Å². The Balaban J connectivity index is 0. The van der Waals surface area contributed by atoms with Crippen LogP contribution >= 0.6 is 0 Å². The molecule has 0 aromatic rings. The van der Waals surface area contributed by atoms with E-state index in [1.54, 1.807) is 4.90 Å². The Hall–Kier alpha value is -0.730. The number of nitrogens with zero attached hydrogens (tertiary/aromatic N) is 1. The number of nitrogens with two attached hydrogens (primary N) is 1. The van der Waals surface area contributed by atoms with Crippen LogP contribution in [0, 0.1) is 0 Å². The molecule has 0 aromatic carbocycles. The number of hydrogen-bond donors (Lipinski definition) is 5. The number of rotatable bonds is 7. The van der Waals surface area contributed by atoms with Crippen molar-refractivity contribution in [1.29, 1.82) is 0 Å². The highest BCUT2D eigenvalue weighted by Crippen LogP contribution is 1.93. The van der Waals surface area contributed by atoms with Crippen LogP contribution in [0.5, 0.6) is 0 Å². The molecule has 6 N–H and O–H groups in total. The molecule has 0 aromatic heterocycles. The molecule has 0 bridgehead atoms. The summed E-state index contributed by atoms with van der Waals surface area (Å²) in [5.74, 6) is -0.979. The third-order valence-corrected chi connectivity index (χ3v) is 1.80. The predicted octanol–water partition coefficient (Wildman–Crippen LogP) is -1.93. The van der Waals surface area contributed by atoms with Gasteiger partial charge in [0, 0.05) is 19.6 Å². The van der Waals surface area contributed by atoms with Crippen LogP contribution in [0.2, 0.25) is 0 Å². The first-order chi connectivity index (χ1) is 7.79. The molecular formula is C10H24N2O5. The van der Waals surface area contributed by atoms with Gasteiger partial charge >= 0.3 is 5.97 Å². The zero-order valence-corrected chi connectivity index (χ0v) is 10.5. The van der Waals surface area contributed by atoms with Gasteiger partial charge in [0.1, 0.15) is 5.54 Å². The average molecular weight is 252 g/mol. The Bertz CT molecular complexity index is 179. The number of aliphatic hydroxyl groups is 3. The average Bonchev–Trinajstić information content (AvgIpc) is 2.18. The zero-order chi connectivity index (χ0) is 13.9. The van der Waals surface area contributed by atoms with Gasteiger partial charge in [0.25, 0.3) is 0 Å². The van der Waals surface area contributed by atoms with E-state index in [-0.39, 0.29) is 19.8 Å². The highest BCUT2D eigenvalue weighted by Gasteiger charge is 2.19. The fraction of sp³-hybridized carbons (Fsp3) is 0.900. The number of hydrogen-bond acceptors (Lipinski definition) is 6. The number of carboxylic acids is 1. The van der Waals surface area contributed by atoms with Crippen molar-refractivity contribution < 1.29 is 25.2 Å². The van der Waals surface area contributed by atoms with E-state index >= 15 is 0 Å². The number of carbonyl (C=O) groups is 1. The van der Waals surface area contributed by atoms with Crippen molar-refractivity contribution in [3.8, 4) is 0 Å². The van der Waals surface area contributed by atoms with E-state index in [4.69, 9.17) is 26.2 Å². The van der Waals surface area contributed by atoms with Gasteiger partial charge < -0.3 is 26.2 Å². The fourth-order valence-electron chi connectivity index (χ4n) is 0.760. The summed E-state index contributed by atoms with van der Waals surface area (Å²) in [4.78, 5) is 11.7. The monoisotopic (exact) mass is 252 g/mol. The standard InChI is InChI=1S/C6H15NO3.C4H9NO2/c8-4-1-7(2-5-9)3-6-10;1-4(2,5)3(6)7/h8-10H,1-6H2;5H2,1-2H3,(H,6,7). The molecule has 0 radical (unpaired) electrons. The van der Waals surface area contributed by atoms with Crippen LogP contribution in [0.4, 0.5) is 0 Å². The third-order valence-electron chi connectivity index (χ3n) is 1.80. The minimum Gasteiger partial charge on any atom is -0.480 e. The van der Waals surface area contributed by atoms with Gasteiger partial charge in [0.2, 0.25) is 0 Å². The summed E-state index contributed by atoms with van der Waals surface area (Å²) in [6, 6.07) is 0. The minimum atomic E-state index is -1.08. The molecule has 0 heterocycles. The fourth-order valence-corrected chi connectivity index (χ4v) is 0.760. The summed E-state index contributed by atoms with van der Waals surface area (Å²) >= 11 is 0. The zero-order valence-electron chi connectivity index (χ0n) is 10.5. The lowest BCUT2D eigenvalue weighted by molar-refractivity contribution is -0.141. The van der Waals surface area contributed by atoms with Crippen LogP contribution in [0.15, 0.2) is 0 Å². The molecule has 0 aliphatic carbocycles. The molecule has 7 nitrogen and oxygen atoms in total. The molecule has 0 saturated carbocycles. The lowest BCUT2D eigenvalue weighted by Crippen LogP contribution is -2.41.